The molecular weight excluding hydrogens is 474 g/mol. The van der Waals surface area contributed by atoms with E-state index in [1.165, 1.54) is 0 Å². The number of hydrogen-bond acceptors (Lipinski definition) is 5. The number of H-pyrrole nitrogens is 2. The number of nitrogens with two attached hydrogens (primary N) is 3. The van der Waals surface area contributed by atoms with Crippen molar-refractivity contribution in [1.29, 1.82) is 0 Å². The zero-order chi connectivity index (χ0) is 26.5. The third-order valence-electron chi connectivity index (χ3n) is 6.25. The third-order valence-corrected chi connectivity index (χ3v) is 6.25. The van der Waals surface area contributed by atoms with Gasteiger partial charge in [-0.25, -0.2) is 0 Å². The highest BCUT2D eigenvalue weighted by molar-refractivity contribution is 5.96. The molecule has 10 N–H and O–H groups in total. The Labute approximate surface area is 212 Å². The lowest BCUT2D eigenvalue weighted by Crippen LogP contribution is -2.56. The van der Waals surface area contributed by atoms with E-state index in [1.54, 1.807) is 12.4 Å². The summed E-state index contributed by atoms with van der Waals surface area (Å²) >= 11 is 0. The van der Waals surface area contributed by atoms with Gasteiger partial charge in [0, 0.05) is 40.6 Å². The molecule has 11 nitrogen and oxygen atoms in total. The summed E-state index contributed by atoms with van der Waals surface area (Å²) in [4.78, 5) is 55.9. The van der Waals surface area contributed by atoms with Gasteiger partial charge in [-0.05, 0) is 29.7 Å². The predicted octanol–water partition coefficient (Wildman–Crippen LogP) is 0.0920. The minimum Gasteiger partial charge on any atom is -0.370 e. The summed E-state index contributed by atoms with van der Waals surface area (Å²) in [6.07, 6.45) is 3.34. The smallest absolute Gasteiger partial charge is 0.243 e. The van der Waals surface area contributed by atoms with Crippen LogP contribution in [-0.4, -0.2) is 51.7 Å². The molecule has 0 unspecified atom stereocenters. The van der Waals surface area contributed by atoms with E-state index in [9.17, 15) is 19.2 Å². The standard InChI is InChI=1S/C26H29N7O4/c27-18(9-14-12-30-19-7-3-1-5-16(14)19)25(36)33-22(11-23(28)34)26(37)32-21(24(29)35)10-15-13-31-20-8-4-2-6-17(15)20/h1-8,12-13,18,21-22,30-31H,9-11,27H2,(H2,28,34)(H2,29,35)(H,32,37)(H,33,36)/t18-,21-,22+/m0/s1. The maximum absolute atomic E-state index is 13.0. The fourth-order valence-electron chi connectivity index (χ4n) is 4.33. The lowest BCUT2D eigenvalue weighted by molar-refractivity contribution is -0.133. The number of rotatable bonds is 11. The van der Waals surface area contributed by atoms with E-state index in [4.69, 9.17) is 17.2 Å². The third kappa shape index (κ3) is 5.96. The lowest BCUT2D eigenvalue weighted by atomic mass is 10.0. The van der Waals surface area contributed by atoms with Gasteiger partial charge in [0.25, 0.3) is 0 Å². The van der Waals surface area contributed by atoms with Crippen LogP contribution in [0.15, 0.2) is 60.9 Å². The number of aromatic nitrogens is 2. The highest BCUT2D eigenvalue weighted by Crippen LogP contribution is 2.20. The van der Waals surface area contributed by atoms with Crippen molar-refractivity contribution in [2.45, 2.75) is 37.4 Å². The van der Waals surface area contributed by atoms with Crippen molar-refractivity contribution in [1.82, 2.24) is 20.6 Å². The van der Waals surface area contributed by atoms with Gasteiger partial charge in [-0.2, -0.15) is 0 Å². The zero-order valence-electron chi connectivity index (χ0n) is 20.0. The molecule has 4 aromatic rings. The molecule has 0 saturated heterocycles. The van der Waals surface area contributed by atoms with Gasteiger partial charge in [0.2, 0.25) is 23.6 Å². The van der Waals surface area contributed by atoms with Crippen LogP contribution in [0.25, 0.3) is 21.8 Å². The van der Waals surface area contributed by atoms with Crippen LogP contribution in [0.3, 0.4) is 0 Å². The first-order chi connectivity index (χ1) is 17.7. The molecule has 2 heterocycles. The monoisotopic (exact) mass is 503 g/mol. The molecule has 0 spiro atoms. The molecule has 0 aliphatic carbocycles. The van der Waals surface area contributed by atoms with Crippen molar-refractivity contribution in [2.75, 3.05) is 0 Å². The molecule has 3 atom stereocenters. The first-order valence-electron chi connectivity index (χ1n) is 11.8. The number of hydrogen-bond donors (Lipinski definition) is 7. The van der Waals surface area contributed by atoms with E-state index >= 15 is 0 Å². The van der Waals surface area contributed by atoms with Crippen molar-refractivity contribution in [3.05, 3.63) is 72.1 Å². The molecule has 4 rings (SSSR count). The van der Waals surface area contributed by atoms with E-state index in [0.29, 0.717) is 0 Å². The van der Waals surface area contributed by atoms with Crippen LogP contribution in [0.1, 0.15) is 17.5 Å². The summed E-state index contributed by atoms with van der Waals surface area (Å²) < 4.78 is 0. The van der Waals surface area contributed by atoms with E-state index in [1.807, 2.05) is 48.5 Å². The van der Waals surface area contributed by atoms with Crippen molar-refractivity contribution < 1.29 is 19.2 Å². The minimum absolute atomic E-state index is 0.113. The van der Waals surface area contributed by atoms with Crippen LogP contribution in [-0.2, 0) is 32.0 Å². The summed E-state index contributed by atoms with van der Waals surface area (Å²) in [6.45, 7) is 0. The first-order valence-corrected chi connectivity index (χ1v) is 11.8. The number of carbonyl (C=O) groups is 4. The summed E-state index contributed by atoms with van der Waals surface area (Å²) in [6, 6.07) is 11.7. The van der Waals surface area contributed by atoms with Gasteiger partial charge in [-0.1, -0.05) is 36.4 Å². The second-order valence-corrected chi connectivity index (χ2v) is 8.93. The number of benzene rings is 2. The maximum Gasteiger partial charge on any atom is 0.243 e. The van der Waals surface area contributed by atoms with E-state index in [2.05, 4.69) is 20.6 Å². The van der Waals surface area contributed by atoms with Gasteiger partial charge >= 0.3 is 0 Å². The van der Waals surface area contributed by atoms with Gasteiger partial charge in [0.05, 0.1) is 12.5 Å². The van der Waals surface area contributed by atoms with Crippen LogP contribution in [0, 0.1) is 0 Å². The van der Waals surface area contributed by atoms with E-state index in [0.717, 1.165) is 32.9 Å². The van der Waals surface area contributed by atoms with Crippen LogP contribution in [0.2, 0.25) is 0 Å². The van der Waals surface area contributed by atoms with E-state index in [-0.39, 0.29) is 12.8 Å². The molecule has 0 radical (unpaired) electrons. The highest BCUT2D eigenvalue weighted by atomic mass is 16.2. The van der Waals surface area contributed by atoms with Crippen LogP contribution >= 0.6 is 0 Å². The normalized spacial score (nSPS) is 13.6. The minimum atomic E-state index is -1.33. The van der Waals surface area contributed by atoms with Crippen LogP contribution in [0.4, 0.5) is 0 Å². The van der Waals surface area contributed by atoms with Gasteiger partial charge in [-0.3, -0.25) is 19.2 Å². The fourth-order valence-corrected chi connectivity index (χ4v) is 4.33. The van der Waals surface area contributed by atoms with Crippen molar-refractivity contribution in [3.63, 3.8) is 0 Å². The molecule has 2 aromatic carbocycles. The molecule has 4 amide bonds. The Morgan fingerprint density at radius 2 is 1.24 bits per heavy atom. The fraction of sp³-hybridized carbons (Fsp3) is 0.231. The molecule has 2 aromatic heterocycles. The predicted molar refractivity (Wildman–Crippen MR) is 139 cm³/mol. The van der Waals surface area contributed by atoms with Crippen molar-refractivity contribution >= 4 is 45.4 Å². The van der Waals surface area contributed by atoms with Crippen molar-refractivity contribution in [3.8, 4) is 0 Å². The zero-order valence-corrected chi connectivity index (χ0v) is 20.0. The Morgan fingerprint density at radius 3 is 1.78 bits per heavy atom. The number of carbonyl (C=O) groups excluding carboxylic acids is 4. The summed E-state index contributed by atoms with van der Waals surface area (Å²) in [7, 11) is 0. The summed E-state index contributed by atoms with van der Waals surface area (Å²) in [5, 5.41) is 6.85. The Balaban J connectivity index is 1.44. The molecule has 37 heavy (non-hydrogen) atoms. The molecule has 0 fully saturated rings. The highest BCUT2D eigenvalue weighted by Gasteiger charge is 2.29. The molecule has 192 valence electrons. The number of primary amides is 2. The maximum atomic E-state index is 13.0. The van der Waals surface area contributed by atoms with Gasteiger partial charge in [-0.15, -0.1) is 0 Å². The summed E-state index contributed by atoms with van der Waals surface area (Å²) in [5.41, 5.74) is 20.4. The Morgan fingerprint density at radius 1 is 0.730 bits per heavy atom. The summed E-state index contributed by atoms with van der Waals surface area (Å²) in [5.74, 6) is -2.98. The number of para-hydroxylation sites is 2. The number of amides is 4. The molecule has 0 aliphatic rings. The van der Waals surface area contributed by atoms with Gasteiger partial charge in [0.15, 0.2) is 0 Å². The second-order valence-electron chi connectivity index (χ2n) is 8.93. The number of fused-ring (bicyclic) bond motifs is 2. The molecule has 0 aliphatic heterocycles. The number of aromatic amines is 2. The Kier molecular flexibility index (Phi) is 7.54. The van der Waals surface area contributed by atoms with E-state index < -0.39 is 48.2 Å². The average Bonchev–Trinajstić information content (AvgIpc) is 3.47. The topological polar surface area (TPSA) is 202 Å². The Hall–Kier alpha value is -4.64. The quantitative estimate of drug-likeness (QED) is 0.152. The number of nitrogens with one attached hydrogen (secondary N) is 4. The lowest BCUT2D eigenvalue weighted by Gasteiger charge is -2.22. The van der Waals surface area contributed by atoms with Gasteiger partial charge < -0.3 is 37.8 Å². The molecule has 11 heteroatoms. The molecule has 0 bridgehead atoms. The van der Waals surface area contributed by atoms with Crippen molar-refractivity contribution in [2.24, 2.45) is 17.2 Å². The average molecular weight is 504 g/mol. The van der Waals surface area contributed by atoms with Crippen LogP contribution in [0.5, 0.6) is 0 Å². The Bertz CT molecular complexity index is 1460. The molecule has 0 saturated carbocycles. The SMILES string of the molecule is NC(=O)C[C@@H](NC(=O)[C@@H](N)Cc1c[nH]c2ccccc12)C(=O)N[C@@H](Cc1c[nH]c2ccccc12)C(N)=O. The molecular formula is C26H29N7O4. The largest absolute Gasteiger partial charge is 0.370 e. The van der Waals surface area contributed by atoms with Crippen LogP contribution < -0.4 is 27.8 Å². The van der Waals surface area contributed by atoms with Gasteiger partial charge in [0.1, 0.15) is 12.1 Å². The second kappa shape index (κ2) is 11.0. The first kappa shape index (κ1) is 25.5.